The molecule has 0 unspecified atom stereocenters. The van der Waals surface area contributed by atoms with Crippen LogP contribution in [0.25, 0.3) is 22.6 Å². The summed E-state index contributed by atoms with van der Waals surface area (Å²) in [6.07, 6.45) is 0. The number of benzene rings is 3. The molecule has 0 aliphatic rings. The summed E-state index contributed by atoms with van der Waals surface area (Å²) in [6.45, 7) is 8.86. The third kappa shape index (κ3) is 5.66. The lowest BCUT2D eigenvalue weighted by molar-refractivity contribution is 0.102. The number of anilines is 1. The average molecular weight is 506 g/mol. The highest BCUT2D eigenvalue weighted by molar-refractivity contribution is 7.89. The number of nitrogens with one attached hydrogen (secondary N) is 1. The molecule has 1 aromatic heterocycles. The molecule has 36 heavy (non-hydrogen) atoms. The zero-order valence-corrected chi connectivity index (χ0v) is 21.7. The molecule has 0 saturated carbocycles. The number of sulfonamides is 1. The van der Waals surface area contributed by atoms with Crippen LogP contribution >= 0.6 is 0 Å². The van der Waals surface area contributed by atoms with Crippen LogP contribution in [-0.4, -0.2) is 36.7 Å². The van der Waals surface area contributed by atoms with Crippen molar-refractivity contribution in [3.05, 3.63) is 78.4 Å². The van der Waals surface area contributed by atoms with Crippen molar-refractivity contribution in [3.8, 4) is 11.5 Å². The van der Waals surface area contributed by atoms with Gasteiger partial charge in [-0.2, -0.15) is 4.31 Å². The highest BCUT2D eigenvalue weighted by Crippen LogP contribution is 2.30. The molecular formula is C28H31N3O4S. The van der Waals surface area contributed by atoms with Crippen LogP contribution in [0.5, 0.6) is 0 Å². The van der Waals surface area contributed by atoms with Gasteiger partial charge in [-0.1, -0.05) is 52.0 Å². The molecule has 0 fully saturated rings. The van der Waals surface area contributed by atoms with Gasteiger partial charge in [-0.05, 0) is 60.4 Å². The van der Waals surface area contributed by atoms with Crippen LogP contribution in [0.3, 0.4) is 0 Å². The molecule has 0 aliphatic heterocycles. The van der Waals surface area contributed by atoms with Crippen molar-refractivity contribution in [1.29, 1.82) is 0 Å². The number of hydrogen-bond acceptors (Lipinski definition) is 5. The predicted molar refractivity (Wildman–Crippen MR) is 142 cm³/mol. The van der Waals surface area contributed by atoms with Gasteiger partial charge in [0.1, 0.15) is 5.52 Å². The van der Waals surface area contributed by atoms with Gasteiger partial charge in [0.05, 0.1) is 16.1 Å². The Kier molecular flexibility index (Phi) is 7.56. The summed E-state index contributed by atoms with van der Waals surface area (Å²) in [5.41, 5.74) is 2.94. The molecular weight excluding hydrogens is 474 g/mol. The lowest BCUT2D eigenvalue weighted by Crippen LogP contribution is -2.37. The largest absolute Gasteiger partial charge is 0.436 e. The molecule has 4 aromatic rings. The Hall–Kier alpha value is -3.49. The quantitative estimate of drug-likeness (QED) is 0.299. The Morgan fingerprint density at radius 3 is 2.14 bits per heavy atom. The number of carbonyl (C=O) groups excluding carboxylic acids is 1. The molecule has 0 saturated heterocycles. The van der Waals surface area contributed by atoms with E-state index >= 15 is 0 Å². The molecule has 7 nitrogen and oxygen atoms in total. The summed E-state index contributed by atoms with van der Waals surface area (Å²) in [5, 5.41) is 2.90. The maximum Gasteiger partial charge on any atom is 0.255 e. The van der Waals surface area contributed by atoms with Gasteiger partial charge in [0, 0.05) is 18.7 Å². The van der Waals surface area contributed by atoms with Gasteiger partial charge in [-0.15, -0.1) is 0 Å². The van der Waals surface area contributed by atoms with Crippen LogP contribution in [0.2, 0.25) is 0 Å². The first kappa shape index (κ1) is 25.6. The second kappa shape index (κ2) is 10.6. The fraction of sp³-hybridized carbons (Fsp3) is 0.286. The summed E-state index contributed by atoms with van der Waals surface area (Å²) in [4.78, 5) is 17.7. The maximum atomic E-state index is 13.3. The monoisotopic (exact) mass is 505 g/mol. The lowest BCUT2D eigenvalue weighted by Gasteiger charge is -2.25. The summed E-state index contributed by atoms with van der Waals surface area (Å²) < 4.78 is 33.9. The summed E-state index contributed by atoms with van der Waals surface area (Å²) in [7, 11) is -3.67. The van der Waals surface area contributed by atoms with E-state index in [9.17, 15) is 13.2 Å². The highest BCUT2D eigenvalue weighted by Gasteiger charge is 2.26. The van der Waals surface area contributed by atoms with E-state index in [-0.39, 0.29) is 22.6 Å². The SMILES string of the molecule is CC(C)CN(CC(C)C)S(=O)(=O)c1ccc(C(=O)Nc2ccccc2-c2nc3ccccc3o2)cc1. The van der Waals surface area contributed by atoms with E-state index in [1.165, 1.54) is 28.6 Å². The maximum absolute atomic E-state index is 13.3. The van der Waals surface area contributed by atoms with Gasteiger partial charge in [-0.3, -0.25) is 4.79 Å². The average Bonchev–Trinajstić information content (AvgIpc) is 3.27. The third-order valence-corrected chi connectivity index (χ3v) is 7.44. The second-order valence-electron chi connectivity index (χ2n) is 9.62. The number of fused-ring (bicyclic) bond motifs is 1. The number of carbonyl (C=O) groups is 1. The first-order chi connectivity index (χ1) is 17.1. The van der Waals surface area contributed by atoms with Crippen molar-refractivity contribution in [1.82, 2.24) is 9.29 Å². The van der Waals surface area contributed by atoms with Crippen molar-refractivity contribution < 1.29 is 17.6 Å². The number of oxazole rings is 1. The van der Waals surface area contributed by atoms with E-state index in [1.54, 1.807) is 6.07 Å². The minimum atomic E-state index is -3.67. The summed E-state index contributed by atoms with van der Waals surface area (Å²) in [5.74, 6) is 0.447. The molecule has 0 aliphatic carbocycles. The van der Waals surface area contributed by atoms with Crippen molar-refractivity contribution in [2.24, 2.45) is 11.8 Å². The number of aromatic nitrogens is 1. The fourth-order valence-corrected chi connectivity index (χ4v) is 5.74. The van der Waals surface area contributed by atoms with Crippen molar-refractivity contribution >= 4 is 32.7 Å². The summed E-state index contributed by atoms with van der Waals surface area (Å²) >= 11 is 0. The predicted octanol–water partition coefficient (Wildman–Crippen LogP) is 6.05. The van der Waals surface area contributed by atoms with Crippen LogP contribution in [0.15, 0.2) is 82.1 Å². The van der Waals surface area contributed by atoms with E-state index in [2.05, 4.69) is 10.3 Å². The first-order valence-electron chi connectivity index (χ1n) is 12.0. The van der Waals surface area contributed by atoms with Crippen LogP contribution in [-0.2, 0) is 10.0 Å². The Labute approximate surface area is 212 Å². The summed E-state index contributed by atoms with van der Waals surface area (Å²) in [6, 6.07) is 20.8. The zero-order chi connectivity index (χ0) is 25.9. The Morgan fingerprint density at radius 1 is 0.889 bits per heavy atom. The van der Waals surface area contributed by atoms with E-state index in [1.807, 2.05) is 70.2 Å². The second-order valence-corrected chi connectivity index (χ2v) is 11.6. The van der Waals surface area contributed by atoms with Crippen LogP contribution < -0.4 is 5.32 Å². The van der Waals surface area contributed by atoms with Gasteiger partial charge in [0.2, 0.25) is 15.9 Å². The van der Waals surface area contributed by atoms with Crippen LogP contribution in [0.4, 0.5) is 5.69 Å². The minimum absolute atomic E-state index is 0.173. The molecule has 0 bridgehead atoms. The van der Waals surface area contributed by atoms with Gasteiger partial charge < -0.3 is 9.73 Å². The van der Waals surface area contributed by atoms with E-state index < -0.39 is 10.0 Å². The van der Waals surface area contributed by atoms with E-state index in [4.69, 9.17) is 4.42 Å². The number of rotatable bonds is 9. The normalized spacial score (nSPS) is 12.1. The number of hydrogen-bond donors (Lipinski definition) is 1. The molecule has 188 valence electrons. The Morgan fingerprint density at radius 2 is 1.50 bits per heavy atom. The molecule has 0 spiro atoms. The van der Waals surface area contributed by atoms with Gasteiger partial charge in [0.25, 0.3) is 5.91 Å². The molecule has 0 radical (unpaired) electrons. The standard InChI is InChI=1S/C28H31N3O4S/c1-19(2)17-31(18-20(3)4)36(33,34)22-15-13-21(14-16-22)27(32)29-24-10-6-5-9-23(24)28-30-25-11-7-8-12-26(25)35-28/h5-16,19-20H,17-18H2,1-4H3,(H,29,32). The minimum Gasteiger partial charge on any atom is -0.436 e. The van der Waals surface area contributed by atoms with Crippen molar-refractivity contribution in [3.63, 3.8) is 0 Å². The van der Waals surface area contributed by atoms with Gasteiger partial charge >= 0.3 is 0 Å². The van der Waals surface area contributed by atoms with E-state index in [0.717, 1.165) is 5.52 Å². The number of amides is 1. The molecule has 1 heterocycles. The van der Waals surface area contributed by atoms with Gasteiger partial charge in [-0.25, -0.2) is 13.4 Å². The first-order valence-corrected chi connectivity index (χ1v) is 13.5. The van der Waals surface area contributed by atoms with Crippen molar-refractivity contribution in [2.45, 2.75) is 32.6 Å². The molecule has 1 N–H and O–H groups in total. The lowest BCUT2D eigenvalue weighted by atomic mass is 10.1. The smallest absolute Gasteiger partial charge is 0.255 e. The van der Waals surface area contributed by atoms with Gasteiger partial charge in [0.15, 0.2) is 5.58 Å². The number of nitrogens with zero attached hydrogens (tertiary/aromatic N) is 2. The molecule has 8 heteroatoms. The third-order valence-electron chi connectivity index (χ3n) is 5.59. The zero-order valence-electron chi connectivity index (χ0n) is 20.9. The highest BCUT2D eigenvalue weighted by atomic mass is 32.2. The molecule has 1 amide bonds. The Bertz CT molecular complexity index is 1410. The van der Waals surface area contributed by atoms with E-state index in [0.29, 0.717) is 41.4 Å². The van der Waals surface area contributed by atoms with Crippen molar-refractivity contribution in [2.75, 3.05) is 18.4 Å². The van der Waals surface area contributed by atoms with Crippen LogP contribution in [0.1, 0.15) is 38.1 Å². The number of para-hydroxylation sites is 3. The fourth-order valence-electron chi connectivity index (χ4n) is 3.97. The topological polar surface area (TPSA) is 92.5 Å². The van der Waals surface area contributed by atoms with Crippen LogP contribution in [0, 0.1) is 11.8 Å². The Balaban J connectivity index is 1.56. The molecule has 4 rings (SSSR count). The molecule has 0 atom stereocenters. The molecule has 3 aromatic carbocycles.